The van der Waals surface area contributed by atoms with E-state index in [9.17, 15) is 19.1 Å². The molecular formula is C33H46FN5O5. The summed E-state index contributed by atoms with van der Waals surface area (Å²) in [5, 5.41) is 17.9. The maximum Gasteiger partial charge on any atom is 0.340 e. The molecule has 3 aromatic rings. The number of ether oxygens (including phenoxy) is 2. The number of aliphatic hydroxyl groups is 1. The molecule has 4 rings (SSSR count). The number of benzene rings is 1. The summed E-state index contributed by atoms with van der Waals surface area (Å²) in [6.45, 7) is 15.4. The second kappa shape index (κ2) is 13.6. The summed E-state index contributed by atoms with van der Waals surface area (Å²) >= 11 is 0. The van der Waals surface area contributed by atoms with Gasteiger partial charge in [0.25, 0.3) is 5.91 Å². The van der Waals surface area contributed by atoms with Crippen molar-refractivity contribution in [3.05, 3.63) is 58.7 Å². The Hall–Kier alpha value is -3.57. The van der Waals surface area contributed by atoms with Gasteiger partial charge in [0.2, 0.25) is 0 Å². The molecule has 240 valence electrons. The van der Waals surface area contributed by atoms with Gasteiger partial charge >= 0.3 is 5.97 Å². The first-order chi connectivity index (χ1) is 20.7. The zero-order valence-electron chi connectivity index (χ0n) is 26.9. The van der Waals surface area contributed by atoms with Crippen LogP contribution in [0.5, 0.6) is 0 Å². The van der Waals surface area contributed by atoms with Crippen LogP contribution in [-0.4, -0.2) is 69.5 Å². The quantitative estimate of drug-likeness (QED) is 0.293. The van der Waals surface area contributed by atoms with E-state index in [1.165, 1.54) is 12.1 Å². The number of rotatable bonds is 11. The number of nitrogens with zero attached hydrogens (tertiary/aromatic N) is 4. The number of halogens is 1. The molecule has 1 fully saturated rings. The molecule has 0 bridgehead atoms. The van der Waals surface area contributed by atoms with Crippen LogP contribution in [0.4, 0.5) is 10.2 Å². The molecular weight excluding hydrogens is 565 g/mol. The van der Waals surface area contributed by atoms with Crippen LogP contribution in [-0.2, 0) is 20.7 Å². The van der Waals surface area contributed by atoms with Gasteiger partial charge in [0.15, 0.2) is 17.4 Å². The second-order valence-corrected chi connectivity index (χ2v) is 13.3. The van der Waals surface area contributed by atoms with Gasteiger partial charge in [0.1, 0.15) is 11.6 Å². The zero-order valence-corrected chi connectivity index (χ0v) is 26.9. The maximum absolute atomic E-state index is 13.3. The molecule has 1 aliphatic rings. The number of piperidine rings is 1. The lowest BCUT2D eigenvalue weighted by Gasteiger charge is -2.39. The third-order valence-corrected chi connectivity index (χ3v) is 7.87. The van der Waals surface area contributed by atoms with Crippen LogP contribution in [0.25, 0.3) is 5.65 Å². The Morgan fingerprint density at radius 1 is 1.16 bits per heavy atom. The third-order valence-electron chi connectivity index (χ3n) is 7.87. The lowest BCUT2D eigenvalue weighted by atomic mass is 9.82. The molecule has 2 atom stereocenters. The third kappa shape index (κ3) is 8.32. The van der Waals surface area contributed by atoms with Gasteiger partial charge in [-0.1, -0.05) is 26.0 Å². The highest BCUT2D eigenvalue weighted by Crippen LogP contribution is 2.39. The number of carbonyl (C=O) groups excluding carboxylic acids is 2. The Morgan fingerprint density at radius 3 is 2.43 bits per heavy atom. The van der Waals surface area contributed by atoms with Crippen molar-refractivity contribution in [3.63, 3.8) is 0 Å². The molecule has 1 aromatic carbocycles. The van der Waals surface area contributed by atoms with Crippen LogP contribution in [0, 0.1) is 18.2 Å². The number of carbonyl (C=O) groups is 2. The zero-order chi connectivity index (χ0) is 32.2. The van der Waals surface area contributed by atoms with E-state index in [4.69, 9.17) is 14.5 Å². The number of hydrogen-bond donors (Lipinski definition) is 2. The van der Waals surface area contributed by atoms with Crippen LogP contribution in [0.1, 0.15) is 94.2 Å². The first-order valence-corrected chi connectivity index (χ1v) is 15.4. The Bertz CT molecular complexity index is 1450. The summed E-state index contributed by atoms with van der Waals surface area (Å²) in [4.78, 5) is 33.5. The SMILES string of the molecule is CCOC(=O)C(OC(C)(C)C)c1c(C)nc2cc(C(=O)NCC(O)CCc3ccc(F)cc3)nn2c1N1CCC(C)(C)CC1. The van der Waals surface area contributed by atoms with Gasteiger partial charge in [-0.25, -0.2) is 14.2 Å². The summed E-state index contributed by atoms with van der Waals surface area (Å²) < 4.78 is 26.6. The van der Waals surface area contributed by atoms with Gasteiger partial charge in [0, 0.05) is 31.4 Å². The average molecular weight is 612 g/mol. The van der Waals surface area contributed by atoms with Gasteiger partial charge in [-0.2, -0.15) is 9.61 Å². The van der Waals surface area contributed by atoms with Gasteiger partial charge in [0.05, 0.1) is 23.9 Å². The Balaban J connectivity index is 1.65. The summed E-state index contributed by atoms with van der Waals surface area (Å²) in [5.74, 6) is -0.612. The van der Waals surface area contributed by atoms with E-state index in [1.807, 2.05) is 27.7 Å². The van der Waals surface area contributed by atoms with Gasteiger partial charge in [-0.15, -0.1) is 0 Å². The van der Waals surface area contributed by atoms with Crippen molar-refractivity contribution in [3.8, 4) is 0 Å². The minimum atomic E-state index is -1.05. The molecule has 0 aliphatic carbocycles. The molecule has 11 heteroatoms. The number of fused-ring (bicyclic) bond motifs is 1. The number of aromatic nitrogens is 3. The lowest BCUT2D eigenvalue weighted by molar-refractivity contribution is -0.166. The average Bonchev–Trinajstić information content (AvgIpc) is 3.37. The highest BCUT2D eigenvalue weighted by Gasteiger charge is 2.37. The molecule has 1 saturated heterocycles. The molecule has 0 spiro atoms. The van der Waals surface area contributed by atoms with Crippen molar-refractivity contribution in [1.82, 2.24) is 19.9 Å². The number of aryl methyl sites for hydroxylation is 2. The summed E-state index contributed by atoms with van der Waals surface area (Å²) in [6.07, 6.45) is 0.981. The first kappa shape index (κ1) is 33.3. The largest absolute Gasteiger partial charge is 0.464 e. The van der Waals surface area contributed by atoms with Gasteiger partial charge < -0.3 is 24.8 Å². The summed E-state index contributed by atoms with van der Waals surface area (Å²) in [6, 6.07) is 7.74. The van der Waals surface area contributed by atoms with Crippen molar-refractivity contribution in [2.24, 2.45) is 5.41 Å². The highest BCUT2D eigenvalue weighted by molar-refractivity contribution is 5.93. The normalized spacial score (nSPS) is 16.5. The van der Waals surface area contributed by atoms with Crippen molar-refractivity contribution in [2.45, 2.75) is 92.0 Å². The molecule has 2 aromatic heterocycles. The number of esters is 1. The maximum atomic E-state index is 13.3. The molecule has 0 saturated carbocycles. The number of anilines is 1. The highest BCUT2D eigenvalue weighted by atomic mass is 19.1. The molecule has 10 nitrogen and oxygen atoms in total. The molecule has 2 N–H and O–H groups in total. The predicted molar refractivity (Wildman–Crippen MR) is 166 cm³/mol. The van der Waals surface area contributed by atoms with Crippen LogP contribution in [0.3, 0.4) is 0 Å². The fourth-order valence-electron chi connectivity index (χ4n) is 5.34. The fourth-order valence-corrected chi connectivity index (χ4v) is 5.34. The van der Waals surface area contributed by atoms with E-state index < -0.39 is 29.7 Å². The minimum Gasteiger partial charge on any atom is -0.464 e. The van der Waals surface area contributed by atoms with Crippen molar-refractivity contribution < 1.29 is 28.6 Å². The van der Waals surface area contributed by atoms with Crippen molar-refractivity contribution in [1.29, 1.82) is 0 Å². The Morgan fingerprint density at radius 2 is 1.82 bits per heavy atom. The van der Waals surface area contributed by atoms with Crippen LogP contribution in [0.15, 0.2) is 30.3 Å². The molecule has 3 heterocycles. The first-order valence-electron chi connectivity index (χ1n) is 15.4. The minimum absolute atomic E-state index is 0.0318. The molecule has 0 radical (unpaired) electrons. The Labute approximate surface area is 258 Å². The standard InChI is InChI=1S/C33H46FN5O5/c1-8-43-31(42)28(44-32(3,4)5)27-21(2)36-26-19-25(37-39(26)30(27)38-17-15-33(6,7)16-18-38)29(41)35-20-24(40)14-11-22-9-12-23(34)13-10-22/h9-10,12-13,19,24,28,40H,8,11,14-18,20H2,1-7H3,(H,35,41). The van der Waals surface area contributed by atoms with Crippen LogP contribution < -0.4 is 10.2 Å². The van der Waals surface area contributed by atoms with E-state index in [2.05, 4.69) is 29.2 Å². The van der Waals surface area contributed by atoms with E-state index in [0.29, 0.717) is 35.6 Å². The van der Waals surface area contributed by atoms with E-state index in [1.54, 1.807) is 29.6 Å². The summed E-state index contributed by atoms with van der Waals surface area (Å²) in [5.41, 5.74) is 2.17. The predicted octanol–water partition coefficient (Wildman–Crippen LogP) is 4.95. The monoisotopic (exact) mass is 611 g/mol. The van der Waals surface area contributed by atoms with Crippen molar-refractivity contribution >= 4 is 23.3 Å². The van der Waals surface area contributed by atoms with E-state index in [0.717, 1.165) is 31.5 Å². The molecule has 1 aliphatic heterocycles. The molecule has 2 unspecified atom stereocenters. The van der Waals surface area contributed by atoms with Gasteiger partial charge in [-0.3, -0.25) is 4.79 Å². The fraction of sp³-hybridized carbons (Fsp3) is 0.576. The van der Waals surface area contributed by atoms with Gasteiger partial charge in [-0.05, 0) is 83.4 Å². The number of nitrogens with one attached hydrogen (secondary N) is 1. The summed E-state index contributed by atoms with van der Waals surface area (Å²) in [7, 11) is 0. The topological polar surface area (TPSA) is 118 Å². The second-order valence-electron chi connectivity index (χ2n) is 13.3. The van der Waals surface area contributed by atoms with E-state index >= 15 is 0 Å². The smallest absolute Gasteiger partial charge is 0.340 e. The number of hydrogen-bond acceptors (Lipinski definition) is 8. The van der Waals surface area contributed by atoms with E-state index in [-0.39, 0.29) is 30.1 Å². The molecule has 1 amide bonds. The van der Waals surface area contributed by atoms with Crippen LogP contribution >= 0.6 is 0 Å². The number of amides is 1. The number of aliphatic hydroxyl groups excluding tert-OH is 1. The van der Waals surface area contributed by atoms with Crippen LogP contribution in [0.2, 0.25) is 0 Å². The van der Waals surface area contributed by atoms with Crippen molar-refractivity contribution in [2.75, 3.05) is 31.1 Å². The lowest BCUT2D eigenvalue weighted by Crippen LogP contribution is -2.40. The molecule has 44 heavy (non-hydrogen) atoms. The Kier molecular flexibility index (Phi) is 10.3.